The lowest BCUT2D eigenvalue weighted by molar-refractivity contribution is 1.18. The van der Waals surface area contributed by atoms with E-state index in [4.69, 9.17) is 4.98 Å². The van der Waals surface area contributed by atoms with Crippen molar-refractivity contribution in [2.75, 3.05) is 0 Å². The Morgan fingerprint density at radius 2 is 0.978 bits per heavy atom. The van der Waals surface area contributed by atoms with Gasteiger partial charge in [0.25, 0.3) is 0 Å². The zero-order chi connectivity index (χ0) is 30.2. The minimum atomic E-state index is 1.04. The fourth-order valence-electron chi connectivity index (χ4n) is 7.29. The van der Waals surface area contributed by atoms with Gasteiger partial charge < -0.3 is 4.57 Å². The van der Waals surface area contributed by atoms with Gasteiger partial charge in [-0.2, -0.15) is 0 Å². The lowest BCUT2D eigenvalue weighted by Crippen LogP contribution is -1.94. The van der Waals surface area contributed by atoms with Crippen LogP contribution in [0.15, 0.2) is 158 Å². The summed E-state index contributed by atoms with van der Waals surface area (Å²) in [4.78, 5) is 4.94. The van der Waals surface area contributed by atoms with E-state index < -0.39 is 0 Å². The standard InChI is InChI=1S/C43H26N2S/c1-2-14-33-31(12-1)32-13-3-4-15-34(32)37-25-27(20-22-35(33)37)28-21-23-41-38(26-28)36-16-5-7-18-40(36)45(41)30-11-9-10-29(24-30)43-44-39-17-6-8-19-42(39)46-43/h1-26H. The predicted molar refractivity (Wildman–Crippen MR) is 197 cm³/mol. The zero-order valence-corrected chi connectivity index (χ0v) is 25.6. The van der Waals surface area contributed by atoms with Crippen molar-refractivity contribution in [1.29, 1.82) is 0 Å². The van der Waals surface area contributed by atoms with Gasteiger partial charge in [-0.15, -0.1) is 11.3 Å². The monoisotopic (exact) mass is 602 g/mol. The molecule has 0 unspecified atom stereocenters. The number of hydrogen-bond acceptors (Lipinski definition) is 2. The Labute approximate surface area is 269 Å². The van der Waals surface area contributed by atoms with Crippen LogP contribution in [-0.4, -0.2) is 9.55 Å². The summed E-state index contributed by atoms with van der Waals surface area (Å²) in [6.07, 6.45) is 0. The average molecular weight is 603 g/mol. The van der Waals surface area contributed by atoms with E-state index in [9.17, 15) is 0 Å². The molecule has 2 nitrogen and oxygen atoms in total. The summed E-state index contributed by atoms with van der Waals surface area (Å²) in [6, 6.07) is 57.4. The number of hydrogen-bond donors (Lipinski definition) is 0. The molecule has 0 fully saturated rings. The maximum absolute atomic E-state index is 4.94. The van der Waals surface area contributed by atoms with Crippen molar-refractivity contribution in [3.8, 4) is 27.4 Å². The van der Waals surface area contributed by atoms with Gasteiger partial charge in [0.2, 0.25) is 0 Å². The number of aromatic nitrogens is 2. The Hall–Kier alpha value is -5.77. The van der Waals surface area contributed by atoms with Gasteiger partial charge in [0.05, 0.1) is 21.3 Å². The molecule has 8 aromatic carbocycles. The average Bonchev–Trinajstić information content (AvgIpc) is 3.71. The van der Waals surface area contributed by atoms with Crippen molar-refractivity contribution < 1.29 is 0 Å². The predicted octanol–water partition coefficient (Wildman–Crippen LogP) is 12.2. The molecular weight excluding hydrogens is 577 g/mol. The van der Waals surface area contributed by atoms with Crippen molar-refractivity contribution in [2.24, 2.45) is 0 Å². The summed E-state index contributed by atoms with van der Waals surface area (Å²) in [5.74, 6) is 0. The molecule has 0 saturated heterocycles. The van der Waals surface area contributed by atoms with Gasteiger partial charge in [-0.1, -0.05) is 109 Å². The fraction of sp³-hybridized carbons (Fsp3) is 0. The van der Waals surface area contributed by atoms with Crippen LogP contribution in [0.1, 0.15) is 0 Å². The van der Waals surface area contributed by atoms with Crippen LogP contribution in [0.25, 0.3) is 91.7 Å². The normalized spacial score (nSPS) is 11.9. The van der Waals surface area contributed by atoms with Crippen molar-refractivity contribution in [2.45, 2.75) is 0 Å². The van der Waals surface area contributed by atoms with E-state index in [0.717, 1.165) is 21.8 Å². The maximum Gasteiger partial charge on any atom is 0.124 e. The highest BCUT2D eigenvalue weighted by Crippen LogP contribution is 2.40. The van der Waals surface area contributed by atoms with Gasteiger partial charge in [0.15, 0.2) is 0 Å². The molecule has 0 aliphatic carbocycles. The van der Waals surface area contributed by atoms with Crippen LogP contribution in [0.3, 0.4) is 0 Å². The molecule has 0 aliphatic rings. The van der Waals surface area contributed by atoms with Crippen LogP contribution >= 0.6 is 11.3 Å². The van der Waals surface area contributed by atoms with Gasteiger partial charge >= 0.3 is 0 Å². The number of para-hydroxylation sites is 2. The van der Waals surface area contributed by atoms with Crippen LogP contribution in [0.2, 0.25) is 0 Å². The molecule has 0 aliphatic heterocycles. The highest BCUT2D eigenvalue weighted by atomic mass is 32.1. The van der Waals surface area contributed by atoms with E-state index in [-0.39, 0.29) is 0 Å². The number of fused-ring (bicyclic) bond motifs is 10. The van der Waals surface area contributed by atoms with Crippen molar-refractivity contribution >= 4 is 75.7 Å². The molecule has 0 amide bonds. The lowest BCUT2D eigenvalue weighted by Gasteiger charge is -2.12. The van der Waals surface area contributed by atoms with Crippen LogP contribution < -0.4 is 0 Å². The third kappa shape index (κ3) is 3.79. The quantitative estimate of drug-likeness (QED) is 0.184. The maximum atomic E-state index is 4.94. The summed E-state index contributed by atoms with van der Waals surface area (Å²) in [5, 5.41) is 11.3. The summed E-state index contributed by atoms with van der Waals surface area (Å²) < 4.78 is 3.60. The van der Waals surface area contributed by atoms with E-state index in [0.29, 0.717) is 0 Å². The Balaban J connectivity index is 1.16. The van der Waals surface area contributed by atoms with Gasteiger partial charge in [-0.25, -0.2) is 4.98 Å². The minimum absolute atomic E-state index is 1.04. The molecule has 0 atom stereocenters. The van der Waals surface area contributed by atoms with E-state index in [1.165, 1.54) is 70.0 Å². The summed E-state index contributed by atoms with van der Waals surface area (Å²) in [6.45, 7) is 0. The van der Waals surface area contributed by atoms with Crippen LogP contribution in [0.5, 0.6) is 0 Å². The van der Waals surface area contributed by atoms with Crippen molar-refractivity contribution in [3.05, 3.63) is 158 Å². The molecule has 2 aromatic heterocycles. The first-order valence-electron chi connectivity index (χ1n) is 15.6. The Kier molecular flexibility index (Phi) is 5.48. The Morgan fingerprint density at radius 1 is 0.391 bits per heavy atom. The molecule has 46 heavy (non-hydrogen) atoms. The fourth-order valence-corrected chi connectivity index (χ4v) is 8.25. The second-order valence-corrected chi connectivity index (χ2v) is 13.0. The molecule has 214 valence electrons. The lowest BCUT2D eigenvalue weighted by atomic mass is 9.92. The smallest absolute Gasteiger partial charge is 0.124 e. The zero-order valence-electron chi connectivity index (χ0n) is 24.8. The van der Waals surface area contributed by atoms with Crippen LogP contribution in [-0.2, 0) is 0 Å². The molecular formula is C43H26N2S. The van der Waals surface area contributed by atoms with Gasteiger partial charge in [0, 0.05) is 22.0 Å². The third-order valence-corrected chi connectivity index (χ3v) is 10.5. The second-order valence-electron chi connectivity index (χ2n) is 12.0. The molecule has 10 rings (SSSR count). The summed E-state index contributed by atoms with van der Waals surface area (Å²) >= 11 is 1.74. The molecule has 0 bridgehead atoms. The first-order valence-corrected chi connectivity index (χ1v) is 16.4. The van der Waals surface area contributed by atoms with Gasteiger partial charge in [-0.3, -0.25) is 0 Å². The van der Waals surface area contributed by atoms with E-state index in [2.05, 4.69) is 162 Å². The number of rotatable bonds is 3. The minimum Gasteiger partial charge on any atom is -0.309 e. The SMILES string of the molecule is c1cc(-c2nc3ccccc3s2)cc(-n2c3ccccc3c3cc(-c4ccc5c6ccccc6c6ccccc6c5c4)ccc32)c1. The van der Waals surface area contributed by atoms with Crippen LogP contribution in [0, 0.1) is 0 Å². The molecule has 0 radical (unpaired) electrons. The largest absolute Gasteiger partial charge is 0.309 e. The van der Waals surface area contributed by atoms with Gasteiger partial charge in [-0.05, 0) is 92.0 Å². The highest BCUT2D eigenvalue weighted by Gasteiger charge is 2.16. The molecule has 3 heteroatoms. The first kappa shape index (κ1) is 25.5. The first-order chi connectivity index (χ1) is 22.8. The number of benzene rings is 8. The number of thiazole rings is 1. The number of nitrogens with zero attached hydrogens (tertiary/aromatic N) is 2. The second kappa shape index (κ2) is 9.87. The van der Waals surface area contributed by atoms with Gasteiger partial charge in [0.1, 0.15) is 5.01 Å². The van der Waals surface area contributed by atoms with E-state index in [1.807, 2.05) is 0 Å². The third-order valence-electron chi connectivity index (χ3n) is 9.40. The molecule has 0 N–H and O–H groups in total. The molecule has 2 heterocycles. The van der Waals surface area contributed by atoms with E-state index >= 15 is 0 Å². The summed E-state index contributed by atoms with van der Waals surface area (Å²) in [7, 11) is 0. The van der Waals surface area contributed by atoms with E-state index in [1.54, 1.807) is 11.3 Å². The molecule has 0 spiro atoms. The topological polar surface area (TPSA) is 17.8 Å². The van der Waals surface area contributed by atoms with Crippen molar-refractivity contribution in [3.63, 3.8) is 0 Å². The summed E-state index contributed by atoms with van der Waals surface area (Å²) in [5.41, 5.74) is 8.17. The molecule has 10 aromatic rings. The van der Waals surface area contributed by atoms with Crippen molar-refractivity contribution in [1.82, 2.24) is 9.55 Å². The Bertz CT molecular complexity index is 2750. The highest BCUT2D eigenvalue weighted by molar-refractivity contribution is 7.21. The molecule has 0 saturated carbocycles. The van der Waals surface area contributed by atoms with Crippen LogP contribution in [0.4, 0.5) is 0 Å². The Morgan fingerprint density at radius 3 is 1.74 bits per heavy atom.